The van der Waals surface area contributed by atoms with Crippen LogP contribution in [0.2, 0.25) is 0 Å². The first-order valence-corrected chi connectivity index (χ1v) is 7.91. The standard InChI is InChI=1S/C15H25N5O/c1-3-16-13-8-14(19-15(18-13)11-4-5-11)17-9-12-10-20(2)6-7-21-12/h8,11-12H,3-7,9-10H2,1-2H3,(H2,16,17,18,19). The van der Waals surface area contributed by atoms with Crippen molar-refractivity contribution >= 4 is 11.6 Å². The maximum Gasteiger partial charge on any atom is 0.136 e. The predicted octanol–water partition coefficient (Wildman–Crippen LogP) is 1.53. The summed E-state index contributed by atoms with van der Waals surface area (Å²) in [5, 5.41) is 6.70. The van der Waals surface area contributed by atoms with Crippen LogP contribution in [0.15, 0.2) is 6.07 Å². The summed E-state index contributed by atoms with van der Waals surface area (Å²) in [4.78, 5) is 11.5. The van der Waals surface area contributed by atoms with Gasteiger partial charge in [0.25, 0.3) is 0 Å². The Bertz CT molecular complexity index is 477. The minimum atomic E-state index is 0.227. The van der Waals surface area contributed by atoms with Crippen LogP contribution in [0.1, 0.15) is 31.5 Å². The van der Waals surface area contributed by atoms with E-state index in [-0.39, 0.29) is 6.10 Å². The van der Waals surface area contributed by atoms with Gasteiger partial charge in [0.05, 0.1) is 12.7 Å². The number of hydrogen-bond donors (Lipinski definition) is 2. The number of likely N-dealkylation sites (N-methyl/N-ethyl adjacent to an activating group) is 1. The third-order valence-electron chi connectivity index (χ3n) is 3.90. The van der Waals surface area contributed by atoms with E-state index >= 15 is 0 Å². The predicted molar refractivity (Wildman–Crippen MR) is 83.9 cm³/mol. The van der Waals surface area contributed by atoms with E-state index in [1.54, 1.807) is 0 Å². The van der Waals surface area contributed by atoms with Crippen LogP contribution >= 0.6 is 0 Å². The summed E-state index contributed by atoms with van der Waals surface area (Å²) < 4.78 is 5.77. The molecule has 0 bridgehead atoms. The van der Waals surface area contributed by atoms with E-state index in [4.69, 9.17) is 4.74 Å². The lowest BCUT2D eigenvalue weighted by Gasteiger charge is -2.30. The highest BCUT2D eigenvalue weighted by atomic mass is 16.5. The quantitative estimate of drug-likeness (QED) is 0.829. The van der Waals surface area contributed by atoms with Crippen LogP contribution in [-0.2, 0) is 4.74 Å². The van der Waals surface area contributed by atoms with Gasteiger partial charge >= 0.3 is 0 Å². The molecule has 1 aromatic heterocycles. The molecule has 116 valence electrons. The van der Waals surface area contributed by atoms with Crippen LogP contribution < -0.4 is 10.6 Å². The van der Waals surface area contributed by atoms with Crippen molar-refractivity contribution < 1.29 is 4.74 Å². The van der Waals surface area contributed by atoms with Gasteiger partial charge in [0.15, 0.2) is 0 Å². The van der Waals surface area contributed by atoms with Crippen molar-refractivity contribution in [2.24, 2.45) is 0 Å². The minimum absolute atomic E-state index is 0.227. The molecule has 2 aliphatic rings. The highest BCUT2D eigenvalue weighted by Crippen LogP contribution is 2.38. The van der Waals surface area contributed by atoms with E-state index in [1.807, 2.05) is 6.07 Å². The van der Waals surface area contributed by atoms with Crippen LogP contribution in [0.4, 0.5) is 11.6 Å². The number of morpholine rings is 1. The van der Waals surface area contributed by atoms with Crippen molar-refractivity contribution in [3.05, 3.63) is 11.9 Å². The highest BCUT2D eigenvalue weighted by Gasteiger charge is 2.27. The maximum atomic E-state index is 5.77. The Morgan fingerprint density at radius 2 is 2.05 bits per heavy atom. The molecule has 0 spiro atoms. The monoisotopic (exact) mass is 291 g/mol. The van der Waals surface area contributed by atoms with E-state index < -0.39 is 0 Å². The summed E-state index contributed by atoms with van der Waals surface area (Å²) in [5.41, 5.74) is 0. The fourth-order valence-electron chi connectivity index (χ4n) is 2.56. The first-order valence-electron chi connectivity index (χ1n) is 7.91. The number of nitrogens with zero attached hydrogens (tertiary/aromatic N) is 3. The summed E-state index contributed by atoms with van der Waals surface area (Å²) in [7, 11) is 2.13. The summed E-state index contributed by atoms with van der Waals surface area (Å²) in [5.74, 6) is 3.34. The van der Waals surface area contributed by atoms with Crippen LogP contribution in [0.25, 0.3) is 0 Å². The summed E-state index contributed by atoms with van der Waals surface area (Å²) in [6.45, 7) is 6.53. The molecule has 0 aromatic carbocycles. The average Bonchev–Trinajstić information content (AvgIpc) is 3.30. The molecule has 1 aliphatic heterocycles. The number of ether oxygens (including phenoxy) is 1. The normalized spacial score (nSPS) is 23.0. The zero-order valence-corrected chi connectivity index (χ0v) is 12.9. The van der Waals surface area contributed by atoms with Gasteiger partial charge in [-0.05, 0) is 26.8 Å². The summed E-state index contributed by atoms with van der Waals surface area (Å²) >= 11 is 0. The molecule has 1 aromatic rings. The zero-order chi connectivity index (χ0) is 14.7. The van der Waals surface area contributed by atoms with Crippen LogP contribution in [0, 0.1) is 0 Å². The lowest BCUT2D eigenvalue weighted by molar-refractivity contribution is -0.0117. The Labute approximate surface area is 126 Å². The van der Waals surface area contributed by atoms with E-state index in [1.165, 1.54) is 12.8 Å². The molecular weight excluding hydrogens is 266 g/mol. The third-order valence-corrected chi connectivity index (χ3v) is 3.90. The van der Waals surface area contributed by atoms with Crippen LogP contribution in [-0.4, -0.2) is 60.8 Å². The molecule has 2 N–H and O–H groups in total. The number of nitrogens with one attached hydrogen (secondary N) is 2. The van der Waals surface area contributed by atoms with Gasteiger partial charge in [-0.15, -0.1) is 0 Å². The Kier molecular flexibility index (Phi) is 4.55. The van der Waals surface area contributed by atoms with Gasteiger partial charge in [-0.1, -0.05) is 0 Å². The van der Waals surface area contributed by atoms with E-state index in [0.29, 0.717) is 5.92 Å². The van der Waals surface area contributed by atoms with Crippen LogP contribution in [0.5, 0.6) is 0 Å². The van der Waals surface area contributed by atoms with Crippen LogP contribution in [0.3, 0.4) is 0 Å². The van der Waals surface area contributed by atoms with Crippen molar-refractivity contribution in [1.82, 2.24) is 14.9 Å². The molecule has 21 heavy (non-hydrogen) atoms. The molecule has 1 atom stereocenters. The lowest BCUT2D eigenvalue weighted by Crippen LogP contribution is -2.43. The van der Waals surface area contributed by atoms with Crippen molar-refractivity contribution in [1.29, 1.82) is 0 Å². The summed E-state index contributed by atoms with van der Waals surface area (Å²) in [6.07, 6.45) is 2.66. The van der Waals surface area contributed by atoms with Gasteiger partial charge in [0.1, 0.15) is 17.5 Å². The molecule has 2 fully saturated rings. The Balaban J connectivity index is 1.63. The van der Waals surface area contributed by atoms with Gasteiger partial charge in [0, 0.05) is 38.2 Å². The fourth-order valence-corrected chi connectivity index (χ4v) is 2.56. The van der Waals surface area contributed by atoms with Gasteiger partial charge in [-0.2, -0.15) is 0 Å². The van der Waals surface area contributed by atoms with Gasteiger partial charge < -0.3 is 20.3 Å². The molecule has 0 radical (unpaired) electrons. The largest absolute Gasteiger partial charge is 0.374 e. The van der Waals surface area contributed by atoms with E-state index in [0.717, 1.165) is 50.2 Å². The van der Waals surface area contributed by atoms with E-state index in [9.17, 15) is 0 Å². The molecule has 0 amide bonds. The number of rotatable bonds is 6. The Morgan fingerprint density at radius 3 is 2.71 bits per heavy atom. The SMILES string of the molecule is CCNc1cc(NCC2CN(C)CCO2)nc(C2CC2)n1. The topological polar surface area (TPSA) is 62.3 Å². The van der Waals surface area contributed by atoms with Crippen molar-refractivity contribution in [2.45, 2.75) is 31.8 Å². The van der Waals surface area contributed by atoms with Crippen molar-refractivity contribution in [3.8, 4) is 0 Å². The Hall–Kier alpha value is -1.40. The molecule has 6 nitrogen and oxygen atoms in total. The van der Waals surface area contributed by atoms with Crippen molar-refractivity contribution in [2.75, 3.05) is 50.5 Å². The van der Waals surface area contributed by atoms with Crippen molar-refractivity contribution in [3.63, 3.8) is 0 Å². The molecule has 3 rings (SSSR count). The summed E-state index contributed by atoms with van der Waals surface area (Å²) in [6, 6.07) is 1.99. The Morgan fingerprint density at radius 1 is 1.29 bits per heavy atom. The molecule has 1 saturated carbocycles. The lowest BCUT2D eigenvalue weighted by atomic mass is 10.3. The fraction of sp³-hybridized carbons (Fsp3) is 0.733. The molecule has 1 unspecified atom stereocenters. The second-order valence-corrected chi connectivity index (χ2v) is 5.94. The van der Waals surface area contributed by atoms with Gasteiger partial charge in [0.2, 0.25) is 0 Å². The number of hydrogen-bond acceptors (Lipinski definition) is 6. The number of anilines is 2. The molecular formula is C15H25N5O. The first kappa shape index (κ1) is 14.5. The third kappa shape index (κ3) is 4.04. The minimum Gasteiger partial charge on any atom is -0.374 e. The smallest absolute Gasteiger partial charge is 0.136 e. The number of aromatic nitrogens is 2. The molecule has 1 aliphatic carbocycles. The molecule has 1 saturated heterocycles. The zero-order valence-electron chi connectivity index (χ0n) is 12.9. The molecule has 6 heteroatoms. The second-order valence-electron chi connectivity index (χ2n) is 5.94. The molecule has 2 heterocycles. The second kappa shape index (κ2) is 6.58. The van der Waals surface area contributed by atoms with E-state index in [2.05, 4.69) is 39.5 Å². The van der Waals surface area contributed by atoms with Gasteiger partial charge in [-0.25, -0.2) is 9.97 Å². The first-order chi connectivity index (χ1) is 10.2. The highest BCUT2D eigenvalue weighted by molar-refractivity contribution is 5.48. The maximum absolute atomic E-state index is 5.77. The van der Waals surface area contributed by atoms with Gasteiger partial charge in [-0.3, -0.25) is 0 Å². The average molecular weight is 291 g/mol.